The molecule has 1 unspecified atom stereocenters. The van der Waals surface area contributed by atoms with E-state index in [4.69, 9.17) is 23.2 Å². The van der Waals surface area contributed by atoms with Crippen LogP contribution in [0.4, 0.5) is 0 Å². The number of ketones is 1. The second-order valence-corrected chi connectivity index (χ2v) is 2.87. The summed E-state index contributed by atoms with van der Waals surface area (Å²) in [5.41, 5.74) is 0. The van der Waals surface area contributed by atoms with Gasteiger partial charge in [0, 0.05) is 11.8 Å². The van der Waals surface area contributed by atoms with Crippen LogP contribution in [0.15, 0.2) is 0 Å². The van der Waals surface area contributed by atoms with E-state index in [9.17, 15) is 9.59 Å². The quantitative estimate of drug-likeness (QED) is 0.377. The Kier molecular flexibility index (Phi) is 4.65. The Bertz CT molecular complexity index is 145. The lowest BCUT2D eigenvalue weighted by atomic mass is 10.2. The van der Waals surface area contributed by atoms with Crippen molar-refractivity contribution in [3.05, 3.63) is 0 Å². The summed E-state index contributed by atoms with van der Waals surface area (Å²) in [5.74, 6) is -0.608. The zero-order valence-corrected chi connectivity index (χ0v) is 7.08. The van der Waals surface area contributed by atoms with E-state index in [1.54, 1.807) is 0 Å². The van der Waals surface area contributed by atoms with E-state index in [1.165, 1.54) is 0 Å². The third-order valence-electron chi connectivity index (χ3n) is 1.07. The molecule has 0 amide bonds. The molecule has 0 heterocycles. The molecule has 0 aromatic carbocycles. The normalized spacial score (nSPS) is 12.7. The SMILES string of the molecule is CCC(Cl)CC(=O)C(=O)Cl. The minimum absolute atomic E-state index is 0.0421. The van der Waals surface area contributed by atoms with Crippen molar-refractivity contribution in [2.75, 3.05) is 0 Å². The molecule has 0 aromatic rings. The molecule has 58 valence electrons. The van der Waals surface area contributed by atoms with Gasteiger partial charge in [0.1, 0.15) is 0 Å². The second kappa shape index (κ2) is 4.69. The Morgan fingerprint density at radius 3 is 2.30 bits per heavy atom. The van der Waals surface area contributed by atoms with Crippen molar-refractivity contribution in [2.24, 2.45) is 0 Å². The minimum Gasteiger partial charge on any atom is -0.289 e. The lowest BCUT2D eigenvalue weighted by molar-refractivity contribution is -0.132. The third kappa shape index (κ3) is 3.85. The van der Waals surface area contributed by atoms with Crippen LogP contribution in [0.3, 0.4) is 0 Å². The number of carbonyl (C=O) groups excluding carboxylic acids is 2. The number of hydrogen-bond donors (Lipinski definition) is 0. The molecule has 0 bridgehead atoms. The number of rotatable bonds is 4. The first-order valence-corrected chi connectivity index (χ1v) is 3.76. The fourth-order valence-electron chi connectivity index (χ4n) is 0.426. The Labute approximate surface area is 69.5 Å². The molecule has 0 aliphatic rings. The number of halogens is 2. The molecule has 0 aliphatic carbocycles. The average molecular weight is 183 g/mol. The second-order valence-electron chi connectivity index (χ2n) is 1.91. The van der Waals surface area contributed by atoms with Gasteiger partial charge in [0.15, 0.2) is 0 Å². The number of hydrogen-bond acceptors (Lipinski definition) is 2. The zero-order valence-electron chi connectivity index (χ0n) is 5.56. The molecule has 2 nitrogen and oxygen atoms in total. The van der Waals surface area contributed by atoms with Crippen LogP contribution in [-0.2, 0) is 9.59 Å². The molecule has 4 heteroatoms. The summed E-state index contributed by atoms with van der Waals surface area (Å²) < 4.78 is 0. The van der Waals surface area contributed by atoms with Crippen molar-refractivity contribution in [1.29, 1.82) is 0 Å². The van der Waals surface area contributed by atoms with Gasteiger partial charge in [0.05, 0.1) is 0 Å². The predicted molar refractivity (Wildman–Crippen MR) is 40.4 cm³/mol. The molecule has 0 saturated heterocycles. The van der Waals surface area contributed by atoms with Gasteiger partial charge in [-0.05, 0) is 18.0 Å². The maximum absolute atomic E-state index is 10.5. The predicted octanol–water partition coefficient (Wildman–Crippen LogP) is 1.73. The van der Waals surface area contributed by atoms with Gasteiger partial charge in [0.25, 0.3) is 5.24 Å². The highest BCUT2D eigenvalue weighted by molar-refractivity contribution is 6.81. The van der Waals surface area contributed by atoms with Gasteiger partial charge in [-0.15, -0.1) is 11.6 Å². The molecule has 0 spiro atoms. The first-order valence-electron chi connectivity index (χ1n) is 2.94. The van der Waals surface area contributed by atoms with E-state index in [-0.39, 0.29) is 11.8 Å². The highest BCUT2D eigenvalue weighted by atomic mass is 35.5. The summed E-state index contributed by atoms with van der Waals surface area (Å²) in [6.07, 6.45) is 0.706. The summed E-state index contributed by atoms with van der Waals surface area (Å²) in [4.78, 5) is 20.7. The van der Waals surface area contributed by atoms with Crippen LogP contribution >= 0.6 is 23.2 Å². The van der Waals surface area contributed by atoms with Crippen LogP contribution in [0.25, 0.3) is 0 Å². The van der Waals surface area contributed by atoms with Gasteiger partial charge in [-0.3, -0.25) is 9.59 Å². The van der Waals surface area contributed by atoms with Crippen LogP contribution in [0.5, 0.6) is 0 Å². The van der Waals surface area contributed by atoms with E-state index in [0.717, 1.165) is 0 Å². The summed E-state index contributed by atoms with van der Waals surface area (Å²) in [6.45, 7) is 1.84. The lowest BCUT2D eigenvalue weighted by Gasteiger charge is -2.00. The van der Waals surface area contributed by atoms with Gasteiger partial charge in [-0.25, -0.2) is 0 Å². The highest BCUT2D eigenvalue weighted by Crippen LogP contribution is 2.07. The molecule has 0 N–H and O–H groups in total. The molecule has 0 radical (unpaired) electrons. The summed E-state index contributed by atoms with van der Waals surface area (Å²) in [6, 6.07) is 0. The Morgan fingerprint density at radius 1 is 1.50 bits per heavy atom. The standard InChI is InChI=1S/C6H8Cl2O2/c1-2-4(7)3-5(9)6(8)10/h4H,2-3H2,1H3. The fourth-order valence-corrected chi connectivity index (χ4v) is 0.643. The molecule has 0 aromatic heterocycles. The van der Waals surface area contributed by atoms with Crippen molar-refractivity contribution >= 4 is 34.2 Å². The lowest BCUT2D eigenvalue weighted by Crippen LogP contribution is -2.12. The van der Waals surface area contributed by atoms with Crippen LogP contribution in [0.2, 0.25) is 0 Å². The monoisotopic (exact) mass is 182 g/mol. The van der Waals surface area contributed by atoms with Gasteiger partial charge >= 0.3 is 0 Å². The zero-order chi connectivity index (χ0) is 8.15. The van der Waals surface area contributed by atoms with E-state index in [1.807, 2.05) is 6.92 Å². The summed E-state index contributed by atoms with van der Waals surface area (Å²) in [5, 5.41) is -1.20. The number of Topliss-reactive ketones (excluding diaryl/α,β-unsaturated/α-hetero) is 1. The average Bonchev–Trinajstić information content (AvgIpc) is 1.87. The van der Waals surface area contributed by atoms with Crippen molar-refractivity contribution in [3.63, 3.8) is 0 Å². The fraction of sp³-hybridized carbons (Fsp3) is 0.667. The maximum Gasteiger partial charge on any atom is 0.288 e. The van der Waals surface area contributed by atoms with Gasteiger partial charge in [-0.1, -0.05) is 6.92 Å². The van der Waals surface area contributed by atoms with Crippen LogP contribution < -0.4 is 0 Å². The molecule has 0 fully saturated rings. The first-order chi connectivity index (χ1) is 4.57. The Morgan fingerprint density at radius 2 is 2.00 bits per heavy atom. The number of alkyl halides is 1. The largest absolute Gasteiger partial charge is 0.289 e. The molecular formula is C6H8Cl2O2. The van der Waals surface area contributed by atoms with Crippen LogP contribution in [0, 0.1) is 0 Å². The highest BCUT2D eigenvalue weighted by Gasteiger charge is 2.14. The van der Waals surface area contributed by atoms with Crippen molar-refractivity contribution < 1.29 is 9.59 Å². The summed E-state index contributed by atoms with van der Waals surface area (Å²) >= 11 is 10.5. The smallest absolute Gasteiger partial charge is 0.288 e. The molecule has 0 rings (SSSR count). The van der Waals surface area contributed by atoms with Crippen LogP contribution in [-0.4, -0.2) is 16.4 Å². The van der Waals surface area contributed by atoms with Gasteiger partial charge in [-0.2, -0.15) is 0 Å². The first kappa shape index (κ1) is 9.92. The van der Waals surface area contributed by atoms with Gasteiger partial charge < -0.3 is 0 Å². The van der Waals surface area contributed by atoms with E-state index >= 15 is 0 Å². The number of carbonyl (C=O) groups is 2. The third-order valence-corrected chi connectivity index (χ3v) is 1.74. The molecule has 0 saturated carbocycles. The molecule has 0 aliphatic heterocycles. The van der Waals surface area contributed by atoms with E-state index in [0.29, 0.717) is 6.42 Å². The maximum atomic E-state index is 10.5. The Balaban J connectivity index is 3.68. The Hall–Kier alpha value is -0.0800. The van der Waals surface area contributed by atoms with Crippen molar-refractivity contribution in [2.45, 2.75) is 25.1 Å². The molecular weight excluding hydrogens is 175 g/mol. The minimum atomic E-state index is -0.931. The van der Waals surface area contributed by atoms with E-state index in [2.05, 4.69) is 0 Å². The van der Waals surface area contributed by atoms with Crippen LogP contribution in [0.1, 0.15) is 19.8 Å². The topological polar surface area (TPSA) is 34.1 Å². The van der Waals surface area contributed by atoms with Crippen molar-refractivity contribution in [3.8, 4) is 0 Å². The van der Waals surface area contributed by atoms with Crippen molar-refractivity contribution in [1.82, 2.24) is 0 Å². The van der Waals surface area contributed by atoms with E-state index < -0.39 is 11.0 Å². The molecule has 10 heavy (non-hydrogen) atoms. The summed E-state index contributed by atoms with van der Waals surface area (Å²) in [7, 11) is 0. The molecule has 1 atom stereocenters. The van der Waals surface area contributed by atoms with Gasteiger partial charge in [0.2, 0.25) is 5.78 Å².